The molecule has 1 heterocycles. The molecule has 2 unspecified atom stereocenters. The van der Waals surface area contributed by atoms with Gasteiger partial charge in [0.1, 0.15) is 0 Å². The van der Waals surface area contributed by atoms with E-state index in [-0.39, 0.29) is 0 Å². The van der Waals surface area contributed by atoms with E-state index in [1.807, 2.05) is 7.05 Å². The van der Waals surface area contributed by atoms with Crippen molar-refractivity contribution in [3.63, 3.8) is 0 Å². The summed E-state index contributed by atoms with van der Waals surface area (Å²) >= 11 is 1.58. The highest BCUT2D eigenvalue weighted by Gasteiger charge is 2.28. The molecular formula is C10H16N2OS. The molecule has 4 heteroatoms. The number of ether oxygens (including phenoxy) is 1. The summed E-state index contributed by atoms with van der Waals surface area (Å²) in [5.41, 5.74) is 0. The van der Waals surface area contributed by atoms with Gasteiger partial charge in [0.15, 0.2) is 0 Å². The van der Waals surface area contributed by atoms with Gasteiger partial charge in [0, 0.05) is 22.9 Å². The molecule has 1 saturated carbocycles. The van der Waals surface area contributed by atoms with Gasteiger partial charge in [-0.05, 0) is 31.4 Å². The maximum absolute atomic E-state index is 5.10. The first-order valence-electron chi connectivity index (χ1n) is 5.03. The van der Waals surface area contributed by atoms with Crippen molar-refractivity contribution in [3.8, 4) is 5.88 Å². The largest absolute Gasteiger partial charge is 0.480 e. The van der Waals surface area contributed by atoms with Crippen LogP contribution in [-0.4, -0.2) is 24.6 Å². The Morgan fingerprint density at radius 3 is 3.07 bits per heavy atom. The highest BCUT2D eigenvalue weighted by Crippen LogP contribution is 2.37. The van der Waals surface area contributed by atoms with Gasteiger partial charge in [0.05, 0.1) is 7.11 Å². The first kappa shape index (κ1) is 9.93. The smallest absolute Gasteiger partial charge is 0.225 e. The summed E-state index contributed by atoms with van der Waals surface area (Å²) in [5, 5.41) is 3.38. The molecule has 1 aliphatic rings. The van der Waals surface area contributed by atoms with Crippen LogP contribution in [0.15, 0.2) is 6.07 Å². The predicted molar refractivity (Wildman–Crippen MR) is 58.1 cm³/mol. The SMILES string of the molecule is CNC1CCCC1c1cc(OC)ns1. The van der Waals surface area contributed by atoms with Crippen molar-refractivity contribution < 1.29 is 4.74 Å². The first-order valence-corrected chi connectivity index (χ1v) is 5.80. The molecule has 0 spiro atoms. The van der Waals surface area contributed by atoms with Crippen molar-refractivity contribution in [2.75, 3.05) is 14.2 Å². The third kappa shape index (κ3) is 1.77. The monoisotopic (exact) mass is 212 g/mol. The fourth-order valence-electron chi connectivity index (χ4n) is 2.19. The van der Waals surface area contributed by atoms with Gasteiger partial charge in [-0.1, -0.05) is 6.42 Å². The Morgan fingerprint density at radius 2 is 2.43 bits per heavy atom. The second-order valence-corrected chi connectivity index (χ2v) is 4.54. The van der Waals surface area contributed by atoms with Crippen LogP contribution in [0.4, 0.5) is 0 Å². The molecule has 1 aromatic rings. The van der Waals surface area contributed by atoms with Crippen molar-refractivity contribution in [2.24, 2.45) is 0 Å². The van der Waals surface area contributed by atoms with Crippen molar-refractivity contribution in [2.45, 2.75) is 31.2 Å². The van der Waals surface area contributed by atoms with Crippen LogP contribution in [0.3, 0.4) is 0 Å². The summed E-state index contributed by atoms with van der Waals surface area (Å²) in [5.74, 6) is 1.40. The van der Waals surface area contributed by atoms with Crippen LogP contribution in [0.2, 0.25) is 0 Å². The fraction of sp³-hybridized carbons (Fsp3) is 0.700. The van der Waals surface area contributed by atoms with E-state index >= 15 is 0 Å². The average Bonchev–Trinajstić information content (AvgIpc) is 2.85. The summed E-state index contributed by atoms with van der Waals surface area (Å²) < 4.78 is 9.34. The third-order valence-corrected chi connectivity index (χ3v) is 3.87. The number of hydrogen-bond donors (Lipinski definition) is 1. The number of aromatic nitrogens is 1. The summed E-state index contributed by atoms with van der Waals surface area (Å²) in [6, 6.07) is 2.70. The van der Waals surface area contributed by atoms with Gasteiger partial charge in [0.2, 0.25) is 5.88 Å². The minimum absolute atomic E-state index is 0.625. The van der Waals surface area contributed by atoms with Crippen LogP contribution in [-0.2, 0) is 0 Å². The number of nitrogens with one attached hydrogen (secondary N) is 1. The molecule has 1 fully saturated rings. The Bertz CT molecular complexity index is 300. The van der Waals surface area contributed by atoms with Crippen molar-refractivity contribution >= 4 is 11.5 Å². The molecule has 1 aromatic heterocycles. The lowest BCUT2D eigenvalue weighted by atomic mass is 10.0. The summed E-state index contributed by atoms with van der Waals surface area (Å²) in [7, 11) is 3.71. The lowest BCUT2D eigenvalue weighted by Crippen LogP contribution is -2.26. The molecule has 2 rings (SSSR count). The highest BCUT2D eigenvalue weighted by molar-refractivity contribution is 7.06. The highest BCUT2D eigenvalue weighted by atomic mass is 32.1. The maximum Gasteiger partial charge on any atom is 0.225 e. The topological polar surface area (TPSA) is 34.1 Å². The van der Waals surface area contributed by atoms with Crippen LogP contribution < -0.4 is 10.1 Å². The molecule has 0 radical (unpaired) electrons. The van der Waals surface area contributed by atoms with Gasteiger partial charge < -0.3 is 10.1 Å². The molecule has 0 aromatic carbocycles. The Morgan fingerprint density at radius 1 is 1.57 bits per heavy atom. The molecule has 14 heavy (non-hydrogen) atoms. The van der Waals surface area contributed by atoms with E-state index in [2.05, 4.69) is 15.8 Å². The summed E-state index contributed by atoms with van der Waals surface area (Å²) in [6.45, 7) is 0. The molecule has 0 saturated heterocycles. The van der Waals surface area contributed by atoms with Gasteiger partial charge in [-0.25, -0.2) is 0 Å². The Hall–Kier alpha value is -0.610. The molecule has 78 valence electrons. The van der Waals surface area contributed by atoms with Crippen LogP contribution in [0.1, 0.15) is 30.1 Å². The minimum atomic E-state index is 0.625. The zero-order valence-corrected chi connectivity index (χ0v) is 9.43. The molecule has 0 aliphatic heterocycles. The second kappa shape index (κ2) is 4.28. The zero-order chi connectivity index (χ0) is 9.97. The van der Waals surface area contributed by atoms with E-state index in [9.17, 15) is 0 Å². The minimum Gasteiger partial charge on any atom is -0.480 e. The maximum atomic E-state index is 5.10. The van der Waals surface area contributed by atoms with E-state index in [0.29, 0.717) is 12.0 Å². The summed E-state index contributed by atoms with van der Waals surface area (Å²) in [4.78, 5) is 1.36. The third-order valence-electron chi connectivity index (χ3n) is 2.97. The van der Waals surface area contributed by atoms with E-state index in [1.165, 1.54) is 24.1 Å². The fourth-order valence-corrected chi connectivity index (χ4v) is 3.08. The number of methoxy groups -OCH3 is 1. The van der Waals surface area contributed by atoms with Crippen LogP contribution >= 0.6 is 11.5 Å². The van der Waals surface area contributed by atoms with Gasteiger partial charge >= 0.3 is 0 Å². The quantitative estimate of drug-likeness (QED) is 0.832. The van der Waals surface area contributed by atoms with Crippen LogP contribution in [0, 0.1) is 0 Å². The van der Waals surface area contributed by atoms with Gasteiger partial charge in [0.25, 0.3) is 0 Å². The van der Waals surface area contributed by atoms with Crippen molar-refractivity contribution in [1.82, 2.24) is 9.69 Å². The molecular weight excluding hydrogens is 196 g/mol. The van der Waals surface area contributed by atoms with E-state index < -0.39 is 0 Å². The standard InChI is InChI=1S/C10H16N2OS/c1-11-8-5-3-4-7(8)9-6-10(13-2)12-14-9/h6-8,11H,3-5H2,1-2H3. The molecule has 1 aliphatic carbocycles. The molecule has 0 bridgehead atoms. The number of likely N-dealkylation sites (N-methyl/N-ethyl adjacent to an activating group) is 1. The van der Waals surface area contributed by atoms with E-state index in [1.54, 1.807) is 18.6 Å². The van der Waals surface area contributed by atoms with Crippen LogP contribution in [0.25, 0.3) is 0 Å². The normalized spacial score (nSPS) is 26.7. The predicted octanol–water partition coefficient (Wildman–Crippen LogP) is 2.01. The van der Waals surface area contributed by atoms with Gasteiger partial charge in [-0.3, -0.25) is 0 Å². The van der Waals surface area contributed by atoms with E-state index in [0.717, 1.165) is 5.88 Å². The Balaban J connectivity index is 2.13. The van der Waals surface area contributed by atoms with Crippen molar-refractivity contribution in [1.29, 1.82) is 0 Å². The Kier molecular flexibility index (Phi) is 3.03. The van der Waals surface area contributed by atoms with Crippen LogP contribution in [0.5, 0.6) is 5.88 Å². The molecule has 3 nitrogen and oxygen atoms in total. The molecule has 1 N–H and O–H groups in total. The van der Waals surface area contributed by atoms with Gasteiger partial charge in [-0.15, -0.1) is 0 Å². The van der Waals surface area contributed by atoms with Gasteiger partial charge in [-0.2, -0.15) is 4.37 Å². The molecule has 0 amide bonds. The first-order chi connectivity index (χ1) is 6.85. The van der Waals surface area contributed by atoms with E-state index in [4.69, 9.17) is 4.74 Å². The average molecular weight is 212 g/mol. The lowest BCUT2D eigenvalue weighted by molar-refractivity contribution is 0.402. The lowest BCUT2D eigenvalue weighted by Gasteiger charge is -2.16. The number of rotatable bonds is 3. The number of hydrogen-bond acceptors (Lipinski definition) is 4. The second-order valence-electron chi connectivity index (χ2n) is 3.70. The summed E-state index contributed by atoms with van der Waals surface area (Å²) in [6.07, 6.45) is 3.87. The molecule has 2 atom stereocenters. The number of nitrogens with zero attached hydrogens (tertiary/aromatic N) is 1. The zero-order valence-electron chi connectivity index (χ0n) is 8.62. The Labute approximate surface area is 88.6 Å². The van der Waals surface area contributed by atoms with Crippen molar-refractivity contribution in [3.05, 3.63) is 10.9 Å².